The molecule has 0 spiro atoms. The Kier molecular flexibility index (Phi) is 5.03. The summed E-state index contributed by atoms with van der Waals surface area (Å²) in [7, 11) is 0. The lowest BCUT2D eigenvalue weighted by atomic mass is 9.96. The second-order valence-electron chi connectivity index (χ2n) is 6.53. The van der Waals surface area contributed by atoms with Crippen molar-refractivity contribution in [1.29, 1.82) is 0 Å². The number of pyridine rings is 1. The molecule has 26 heavy (non-hydrogen) atoms. The van der Waals surface area contributed by atoms with E-state index in [-0.39, 0.29) is 6.17 Å². The Bertz CT molecular complexity index is 842. The molecule has 136 valence electrons. The lowest BCUT2D eigenvalue weighted by Crippen LogP contribution is -2.28. The van der Waals surface area contributed by atoms with Gasteiger partial charge in [-0.3, -0.25) is 4.99 Å². The number of allylic oxidation sites excluding steroid dienone is 1. The molecule has 2 aliphatic rings. The van der Waals surface area contributed by atoms with Gasteiger partial charge in [0.2, 0.25) is 0 Å². The maximum absolute atomic E-state index is 11.4. The molecule has 1 saturated heterocycles. The van der Waals surface area contributed by atoms with Crippen molar-refractivity contribution in [1.82, 2.24) is 15.1 Å². The Morgan fingerprint density at radius 3 is 3.12 bits per heavy atom. The van der Waals surface area contributed by atoms with Gasteiger partial charge >= 0.3 is 0 Å². The van der Waals surface area contributed by atoms with Gasteiger partial charge in [0.1, 0.15) is 0 Å². The molecule has 0 aromatic carbocycles. The van der Waals surface area contributed by atoms with Gasteiger partial charge in [0.15, 0.2) is 18.6 Å². The number of dihydropyridines is 1. The summed E-state index contributed by atoms with van der Waals surface area (Å²) in [4.78, 5) is 4.91. The van der Waals surface area contributed by atoms with Crippen LogP contribution in [0, 0.1) is 11.1 Å². The van der Waals surface area contributed by atoms with Crippen molar-refractivity contribution >= 4 is 21.6 Å². The number of halogens is 1. The van der Waals surface area contributed by atoms with Crippen molar-refractivity contribution in [3.8, 4) is 0 Å². The standard InChI is InChI=1S/C18H20BrN5O2/c19-15-9-21-24(11-15)18-7-16(6-17(22-18)14-3-5-26-12-14)20-8-13-2-1-4-23(25)10-13/h1-2,4,7,9-11,14,18,20H,3,5-6,8,12H2. The van der Waals surface area contributed by atoms with Gasteiger partial charge < -0.3 is 15.3 Å². The maximum Gasteiger partial charge on any atom is 0.185 e. The van der Waals surface area contributed by atoms with Crippen molar-refractivity contribution in [3.63, 3.8) is 0 Å². The summed E-state index contributed by atoms with van der Waals surface area (Å²) in [5, 5.41) is 19.3. The number of ether oxygens (including phenoxy) is 1. The predicted octanol–water partition coefficient (Wildman–Crippen LogP) is 2.33. The molecule has 2 aliphatic heterocycles. The van der Waals surface area contributed by atoms with E-state index in [1.165, 1.54) is 6.20 Å². The third-order valence-corrected chi connectivity index (χ3v) is 5.03. The zero-order valence-corrected chi connectivity index (χ0v) is 15.8. The molecule has 2 aromatic heterocycles. The summed E-state index contributed by atoms with van der Waals surface area (Å²) < 4.78 is 9.13. The number of nitrogens with zero attached hydrogens (tertiary/aromatic N) is 4. The van der Waals surface area contributed by atoms with Crippen molar-refractivity contribution in [2.24, 2.45) is 10.9 Å². The van der Waals surface area contributed by atoms with Gasteiger partial charge in [0, 0.05) is 54.7 Å². The van der Waals surface area contributed by atoms with Gasteiger partial charge in [-0.05, 0) is 34.5 Å². The average molecular weight is 418 g/mol. The molecule has 0 saturated carbocycles. The van der Waals surface area contributed by atoms with Gasteiger partial charge in [0.05, 0.1) is 17.3 Å². The fraction of sp³-hybridized carbons (Fsp3) is 0.389. The predicted molar refractivity (Wildman–Crippen MR) is 100 cm³/mol. The first kappa shape index (κ1) is 17.2. The van der Waals surface area contributed by atoms with Crippen molar-refractivity contribution < 1.29 is 9.47 Å². The molecule has 8 heteroatoms. The highest BCUT2D eigenvalue weighted by Gasteiger charge is 2.26. The molecule has 4 rings (SSSR count). The summed E-state index contributed by atoms with van der Waals surface area (Å²) in [5.41, 5.74) is 3.19. The largest absolute Gasteiger partial charge is 0.619 e. The van der Waals surface area contributed by atoms with Crippen LogP contribution < -0.4 is 10.0 Å². The molecule has 0 bridgehead atoms. The molecule has 2 aromatic rings. The number of aliphatic imine (C=N–C) groups is 1. The van der Waals surface area contributed by atoms with Crippen LogP contribution in [0.15, 0.2) is 58.2 Å². The van der Waals surface area contributed by atoms with Crippen LogP contribution in [0.2, 0.25) is 0 Å². The van der Waals surface area contributed by atoms with Gasteiger partial charge in [-0.1, -0.05) is 0 Å². The van der Waals surface area contributed by atoms with Crippen LogP contribution in [0.3, 0.4) is 0 Å². The van der Waals surface area contributed by atoms with Crippen LogP contribution >= 0.6 is 15.9 Å². The van der Waals surface area contributed by atoms with E-state index in [2.05, 4.69) is 32.4 Å². The summed E-state index contributed by atoms with van der Waals surface area (Å²) in [5.74, 6) is 0.363. The van der Waals surface area contributed by atoms with E-state index in [1.54, 1.807) is 18.5 Å². The van der Waals surface area contributed by atoms with Gasteiger partial charge in [-0.2, -0.15) is 9.83 Å². The quantitative estimate of drug-likeness (QED) is 0.597. The Hall–Kier alpha value is -2.19. The molecule has 2 unspecified atom stereocenters. The minimum absolute atomic E-state index is 0.173. The molecule has 0 amide bonds. The van der Waals surface area contributed by atoms with Crippen molar-refractivity contribution in [2.45, 2.75) is 25.6 Å². The first-order chi connectivity index (χ1) is 12.7. The fourth-order valence-corrected chi connectivity index (χ4v) is 3.57. The highest BCUT2D eigenvalue weighted by Crippen LogP contribution is 2.27. The van der Waals surface area contributed by atoms with E-state index in [0.717, 1.165) is 52.2 Å². The van der Waals surface area contributed by atoms with E-state index in [0.29, 0.717) is 12.5 Å². The molecule has 1 N–H and O–H groups in total. The zero-order chi connectivity index (χ0) is 17.9. The minimum atomic E-state index is -0.173. The lowest BCUT2D eigenvalue weighted by Gasteiger charge is -2.24. The Morgan fingerprint density at radius 2 is 2.38 bits per heavy atom. The van der Waals surface area contributed by atoms with E-state index in [4.69, 9.17) is 9.73 Å². The third-order valence-electron chi connectivity index (χ3n) is 4.62. The molecule has 0 radical (unpaired) electrons. The summed E-state index contributed by atoms with van der Waals surface area (Å²) in [6, 6.07) is 3.69. The Balaban J connectivity index is 1.53. The van der Waals surface area contributed by atoms with Crippen molar-refractivity contribution in [2.75, 3.05) is 13.2 Å². The normalized spacial score (nSPS) is 22.8. The zero-order valence-electron chi connectivity index (χ0n) is 14.2. The molecular weight excluding hydrogens is 398 g/mol. The number of nitrogens with one attached hydrogen (secondary N) is 1. The van der Waals surface area contributed by atoms with Gasteiger partial charge in [-0.25, -0.2) is 4.68 Å². The van der Waals surface area contributed by atoms with Crippen LogP contribution in [-0.4, -0.2) is 28.7 Å². The Labute approximate surface area is 160 Å². The molecule has 7 nitrogen and oxygen atoms in total. The Morgan fingerprint density at radius 1 is 1.46 bits per heavy atom. The SMILES string of the molecule is [O-][n+]1cccc(CNC2=CC(n3cc(Br)cn3)N=C(C3CCOC3)C2)c1. The number of hydrogen-bond donors (Lipinski definition) is 1. The molecular formula is C18H20BrN5O2. The number of rotatable bonds is 5. The lowest BCUT2D eigenvalue weighted by molar-refractivity contribution is -0.605. The highest BCUT2D eigenvalue weighted by molar-refractivity contribution is 9.10. The topological polar surface area (TPSA) is 78.4 Å². The molecule has 0 aliphatic carbocycles. The maximum atomic E-state index is 11.4. The molecule has 1 fully saturated rings. The second-order valence-corrected chi connectivity index (χ2v) is 7.44. The van der Waals surface area contributed by atoms with Crippen LogP contribution in [-0.2, 0) is 11.3 Å². The summed E-state index contributed by atoms with van der Waals surface area (Å²) in [6.45, 7) is 2.12. The summed E-state index contributed by atoms with van der Waals surface area (Å²) >= 11 is 3.44. The smallest absolute Gasteiger partial charge is 0.185 e. The van der Waals surface area contributed by atoms with E-state index in [9.17, 15) is 5.21 Å². The minimum Gasteiger partial charge on any atom is -0.619 e. The average Bonchev–Trinajstić information content (AvgIpc) is 3.32. The first-order valence-electron chi connectivity index (χ1n) is 8.63. The highest BCUT2D eigenvalue weighted by atomic mass is 79.9. The van der Waals surface area contributed by atoms with Crippen LogP contribution in [0.1, 0.15) is 24.6 Å². The molecule has 4 heterocycles. The van der Waals surface area contributed by atoms with Crippen molar-refractivity contribution in [3.05, 3.63) is 63.9 Å². The first-order valence-corrected chi connectivity index (χ1v) is 9.43. The number of hydrogen-bond acceptors (Lipinski definition) is 5. The molecule has 2 atom stereocenters. The van der Waals surface area contributed by atoms with Gasteiger partial charge in [-0.15, -0.1) is 0 Å². The van der Waals surface area contributed by atoms with E-state index in [1.807, 2.05) is 16.9 Å². The number of aromatic nitrogens is 3. The monoisotopic (exact) mass is 417 g/mol. The second kappa shape index (κ2) is 7.59. The van der Waals surface area contributed by atoms with E-state index < -0.39 is 0 Å². The third kappa shape index (κ3) is 3.96. The van der Waals surface area contributed by atoms with E-state index >= 15 is 0 Å². The van der Waals surface area contributed by atoms with Crippen LogP contribution in [0.5, 0.6) is 0 Å². The van der Waals surface area contributed by atoms with Gasteiger partial charge in [0.25, 0.3) is 0 Å². The van der Waals surface area contributed by atoms with Crippen LogP contribution in [0.25, 0.3) is 0 Å². The summed E-state index contributed by atoms with van der Waals surface area (Å²) in [6.07, 6.45) is 10.5. The van der Waals surface area contributed by atoms with Crippen LogP contribution in [0.4, 0.5) is 0 Å². The fourth-order valence-electron chi connectivity index (χ4n) is 3.27.